The van der Waals surface area contributed by atoms with E-state index in [0.29, 0.717) is 29.9 Å². The highest BCUT2D eigenvalue weighted by atomic mass is 16.7. The lowest BCUT2D eigenvalue weighted by Gasteiger charge is -2.39. The number of hydrogen-bond donors (Lipinski definition) is 6. The zero-order chi connectivity index (χ0) is 26.7. The molecule has 0 spiro atoms. The van der Waals surface area contributed by atoms with Gasteiger partial charge in [-0.3, -0.25) is 0 Å². The van der Waals surface area contributed by atoms with Crippen molar-refractivity contribution in [2.45, 2.75) is 55.6 Å². The maximum atomic E-state index is 10.3. The van der Waals surface area contributed by atoms with Crippen LogP contribution >= 0.6 is 0 Å². The van der Waals surface area contributed by atoms with Gasteiger partial charge in [0.1, 0.15) is 30.5 Å². The van der Waals surface area contributed by atoms with E-state index in [-0.39, 0.29) is 30.6 Å². The van der Waals surface area contributed by atoms with Gasteiger partial charge in [0.2, 0.25) is 6.29 Å². The molecule has 7 atom stereocenters. The van der Waals surface area contributed by atoms with Crippen molar-refractivity contribution in [3.8, 4) is 23.0 Å². The predicted octanol–water partition coefficient (Wildman–Crippen LogP) is 0.0170. The molecule has 0 bridgehead atoms. The molecule has 0 saturated carbocycles. The van der Waals surface area contributed by atoms with Gasteiger partial charge in [-0.2, -0.15) is 0 Å². The molecule has 2 aromatic carbocycles. The minimum absolute atomic E-state index is 0.0687. The second kappa shape index (κ2) is 11.8. The van der Waals surface area contributed by atoms with Crippen molar-refractivity contribution in [1.82, 2.24) is 0 Å². The van der Waals surface area contributed by atoms with Gasteiger partial charge < -0.3 is 54.3 Å². The van der Waals surface area contributed by atoms with Gasteiger partial charge in [-0.05, 0) is 42.2 Å². The van der Waals surface area contributed by atoms with Crippen LogP contribution in [0.25, 0.3) is 0 Å². The molecular weight excluding hydrogens is 488 g/mol. The van der Waals surface area contributed by atoms with Crippen LogP contribution in [0.15, 0.2) is 30.3 Å². The van der Waals surface area contributed by atoms with Crippen LogP contribution in [0.1, 0.15) is 35.1 Å². The highest BCUT2D eigenvalue weighted by molar-refractivity contribution is 5.56. The van der Waals surface area contributed by atoms with Crippen molar-refractivity contribution in [1.29, 1.82) is 0 Å². The van der Waals surface area contributed by atoms with Crippen LogP contribution in [0.4, 0.5) is 0 Å². The normalized spacial score (nSPS) is 28.9. The molecule has 4 rings (SSSR count). The second-order valence-corrected chi connectivity index (χ2v) is 9.10. The summed E-state index contributed by atoms with van der Waals surface area (Å²) in [5.41, 5.74) is 2.46. The molecule has 1 saturated heterocycles. The fraction of sp³-hybridized carbons (Fsp3) is 0.538. The molecule has 2 aliphatic heterocycles. The van der Waals surface area contributed by atoms with Gasteiger partial charge in [-0.25, -0.2) is 0 Å². The van der Waals surface area contributed by atoms with E-state index in [0.717, 1.165) is 11.1 Å². The molecule has 11 nitrogen and oxygen atoms in total. The van der Waals surface area contributed by atoms with Gasteiger partial charge in [0.05, 0.1) is 33.4 Å². The van der Waals surface area contributed by atoms with Crippen molar-refractivity contribution < 1.29 is 54.3 Å². The maximum Gasteiger partial charge on any atom is 0.229 e. The van der Waals surface area contributed by atoms with Gasteiger partial charge in [-0.1, -0.05) is 12.1 Å². The van der Waals surface area contributed by atoms with Crippen LogP contribution in [-0.2, 0) is 11.2 Å². The Morgan fingerprint density at radius 3 is 2.24 bits per heavy atom. The first kappa shape index (κ1) is 27.4. The van der Waals surface area contributed by atoms with Gasteiger partial charge in [-0.15, -0.1) is 0 Å². The minimum Gasteiger partial charge on any atom is -0.493 e. The molecular formula is C26H34O11. The van der Waals surface area contributed by atoms with Crippen molar-refractivity contribution in [2.24, 2.45) is 0 Å². The molecule has 0 radical (unpaired) electrons. The number of methoxy groups -OCH3 is 2. The standard InChI is InChI=1S/C26H34O11/c1-33-18-10-14(5-6-17(18)35-26-23(32)22(31)21(30)20(12-29)36-26)24-16(11-28)15-8-13(4-3-7-27)9-19(34-2)25(15)37-24/h5-6,8-10,16,20-24,26-32H,3-4,7,11-12H2,1-2H3/t16-,20+,21+,22-,23+,24+,26+/m0/s1. The summed E-state index contributed by atoms with van der Waals surface area (Å²) < 4.78 is 28.5. The van der Waals surface area contributed by atoms with E-state index < -0.39 is 43.4 Å². The maximum absolute atomic E-state index is 10.3. The first-order valence-corrected chi connectivity index (χ1v) is 12.1. The summed E-state index contributed by atoms with van der Waals surface area (Å²) in [5.74, 6) is 1.16. The van der Waals surface area contributed by atoms with E-state index >= 15 is 0 Å². The largest absolute Gasteiger partial charge is 0.493 e. The number of aliphatic hydroxyl groups is 6. The smallest absolute Gasteiger partial charge is 0.229 e. The van der Waals surface area contributed by atoms with Gasteiger partial charge in [0.15, 0.2) is 23.0 Å². The monoisotopic (exact) mass is 522 g/mol. The lowest BCUT2D eigenvalue weighted by Crippen LogP contribution is -2.60. The minimum atomic E-state index is -1.57. The van der Waals surface area contributed by atoms with Crippen LogP contribution < -0.4 is 18.9 Å². The first-order valence-electron chi connectivity index (χ1n) is 12.1. The molecule has 0 aromatic heterocycles. The molecule has 6 N–H and O–H groups in total. The Balaban J connectivity index is 1.60. The average Bonchev–Trinajstić information content (AvgIpc) is 3.30. The number of aliphatic hydroxyl groups excluding tert-OH is 6. The van der Waals surface area contributed by atoms with Crippen LogP contribution in [-0.4, -0.2) is 95.4 Å². The molecule has 0 unspecified atom stereocenters. The van der Waals surface area contributed by atoms with Crippen molar-refractivity contribution in [2.75, 3.05) is 34.0 Å². The first-order chi connectivity index (χ1) is 17.9. The molecule has 2 heterocycles. The zero-order valence-corrected chi connectivity index (χ0v) is 20.7. The Labute approximate surface area is 214 Å². The molecule has 2 aromatic rings. The van der Waals surface area contributed by atoms with E-state index in [1.54, 1.807) is 25.3 Å². The van der Waals surface area contributed by atoms with Crippen LogP contribution in [0, 0.1) is 0 Å². The summed E-state index contributed by atoms with van der Waals surface area (Å²) in [6, 6.07) is 8.81. The van der Waals surface area contributed by atoms with Crippen LogP contribution in [0.5, 0.6) is 23.0 Å². The van der Waals surface area contributed by atoms with Gasteiger partial charge in [0.25, 0.3) is 0 Å². The van der Waals surface area contributed by atoms with Crippen LogP contribution in [0.3, 0.4) is 0 Å². The highest BCUT2D eigenvalue weighted by Gasteiger charge is 2.45. The topological polar surface area (TPSA) is 168 Å². The summed E-state index contributed by atoms with van der Waals surface area (Å²) in [7, 11) is 2.98. The predicted molar refractivity (Wildman–Crippen MR) is 129 cm³/mol. The number of benzene rings is 2. The number of rotatable bonds is 10. The quantitative estimate of drug-likeness (QED) is 0.249. The lowest BCUT2D eigenvalue weighted by molar-refractivity contribution is -0.277. The van der Waals surface area contributed by atoms with Gasteiger partial charge >= 0.3 is 0 Å². The highest BCUT2D eigenvalue weighted by Crippen LogP contribution is 2.51. The zero-order valence-electron chi connectivity index (χ0n) is 20.7. The second-order valence-electron chi connectivity index (χ2n) is 9.10. The summed E-state index contributed by atoms with van der Waals surface area (Å²) >= 11 is 0. The number of aryl methyl sites for hydroxylation is 1. The number of fused-ring (bicyclic) bond motifs is 1. The summed E-state index contributed by atoms with van der Waals surface area (Å²) in [6.07, 6.45) is -6.42. The Hall–Kier alpha value is -2.64. The molecule has 0 aliphatic carbocycles. The van der Waals surface area contributed by atoms with E-state index in [1.807, 2.05) is 12.1 Å². The van der Waals surface area contributed by atoms with Crippen molar-refractivity contribution in [3.05, 3.63) is 47.0 Å². The molecule has 0 amide bonds. The SMILES string of the molecule is COc1cc([C@H]2Oc3c(OC)cc(CCCO)cc3[C@@H]2CO)ccc1O[C@@H]1O[C@H](CO)[C@@H](O)[C@H](O)[C@H]1O. The van der Waals surface area contributed by atoms with Gasteiger partial charge in [0, 0.05) is 12.2 Å². The van der Waals surface area contributed by atoms with Crippen molar-refractivity contribution >= 4 is 0 Å². The molecule has 204 valence electrons. The summed E-state index contributed by atoms with van der Waals surface area (Å²) in [4.78, 5) is 0. The van der Waals surface area contributed by atoms with Crippen LogP contribution in [0.2, 0.25) is 0 Å². The summed E-state index contributed by atoms with van der Waals surface area (Å²) in [6.45, 7) is -0.691. The summed E-state index contributed by atoms with van der Waals surface area (Å²) in [5, 5.41) is 59.2. The van der Waals surface area contributed by atoms with E-state index in [1.165, 1.54) is 7.11 Å². The fourth-order valence-electron chi connectivity index (χ4n) is 4.78. The molecule has 37 heavy (non-hydrogen) atoms. The lowest BCUT2D eigenvalue weighted by atomic mass is 9.90. The fourth-order valence-corrected chi connectivity index (χ4v) is 4.78. The number of hydrogen-bond acceptors (Lipinski definition) is 11. The van der Waals surface area contributed by atoms with E-state index in [4.69, 9.17) is 23.7 Å². The Kier molecular flexibility index (Phi) is 8.75. The van der Waals surface area contributed by atoms with E-state index in [9.17, 15) is 30.6 Å². The molecule has 11 heteroatoms. The van der Waals surface area contributed by atoms with E-state index in [2.05, 4.69) is 0 Å². The Morgan fingerprint density at radius 2 is 1.59 bits per heavy atom. The number of ether oxygens (including phenoxy) is 5. The third kappa shape index (κ3) is 5.34. The Morgan fingerprint density at radius 1 is 0.838 bits per heavy atom. The van der Waals surface area contributed by atoms with Crippen molar-refractivity contribution in [3.63, 3.8) is 0 Å². The Bertz CT molecular complexity index is 1060. The average molecular weight is 523 g/mol. The molecule has 2 aliphatic rings. The molecule has 1 fully saturated rings. The third-order valence-electron chi connectivity index (χ3n) is 6.80. The third-order valence-corrected chi connectivity index (χ3v) is 6.80.